The molecule has 1 atom stereocenters. The molecule has 2 aromatic heterocycles. The summed E-state index contributed by atoms with van der Waals surface area (Å²) in [4.78, 5) is 8.80. The number of benzene rings is 1. The van der Waals surface area contributed by atoms with Gasteiger partial charge in [-0.1, -0.05) is 23.4 Å². The minimum atomic E-state index is -0.291. The number of hydrogen-bond acceptors (Lipinski definition) is 5. The third-order valence-corrected chi connectivity index (χ3v) is 3.33. The van der Waals surface area contributed by atoms with Crippen molar-refractivity contribution in [2.45, 2.75) is 13.0 Å². The summed E-state index contributed by atoms with van der Waals surface area (Å²) < 4.78 is 5.92. The van der Waals surface area contributed by atoms with Crippen LogP contribution in [0.5, 0.6) is 0 Å². The highest BCUT2D eigenvalue weighted by atomic mass is 79.9. The number of fused-ring (bicyclic) bond motifs is 1. The molecule has 0 fully saturated rings. The van der Waals surface area contributed by atoms with E-state index in [9.17, 15) is 0 Å². The Hall–Kier alpha value is -1.79. The zero-order valence-corrected chi connectivity index (χ0v) is 11.8. The van der Waals surface area contributed by atoms with Gasteiger partial charge in [-0.05, 0) is 35.0 Å². The first-order valence-electron chi connectivity index (χ1n) is 5.80. The normalized spacial score (nSPS) is 12.8. The second-order valence-electron chi connectivity index (χ2n) is 4.26. The summed E-state index contributed by atoms with van der Waals surface area (Å²) in [6.07, 6.45) is 0. The van der Waals surface area contributed by atoms with Gasteiger partial charge in [0.1, 0.15) is 5.69 Å². The van der Waals surface area contributed by atoms with E-state index < -0.39 is 0 Å². The molecule has 0 amide bonds. The smallest absolute Gasteiger partial charge is 0.243 e. The molecule has 3 rings (SSSR count). The lowest BCUT2D eigenvalue weighted by Crippen LogP contribution is -2.04. The van der Waals surface area contributed by atoms with Crippen LogP contribution in [0.1, 0.15) is 18.9 Å². The maximum absolute atomic E-state index is 5.71. The molecule has 0 aliphatic heterocycles. The third kappa shape index (κ3) is 2.24. The van der Waals surface area contributed by atoms with Crippen LogP contribution in [0, 0.1) is 0 Å². The predicted molar refractivity (Wildman–Crippen MR) is 75.3 cm³/mol. The van der Waals surface area contributed by atoms with Crippen LogP contribution in [-0.4, -0.2) is 15.1 Å². The van der Waals surface area contributed by atoms with Crippen molar-refractivity contribution >= 4 is 26.8 Å². The second kappa shape index (κ2) is 4.71. The van der Waals surface area contributed by atoms with Crippen LogP contribution in [-0.2, 0) is 0 Å². The zero-order chi connectivity index (χ0) is 13.4. The molecule has 0 saturated carbocycles. The van der Waals surface area contributed by atoms with Gasteiger partial charge in [0.25, 0.3) is 0 Å². The second-order valence-corrected chi connectivity index (χ2v) is 5.11. The number of nitrogens with zero attached hydrogens (tertiary/aromatic N) is 3. The molecule has 96 valence electrons. The van der Waals surface area contributed by atoms with E-state index in [-0.39, 0.29) is 6.04 Å². The van der Waals surface area contributed by atoms with Crippen molar-refractivity contribution in [1.82, 2.24) is 15.1 Å². The quantitative estimate of drug-likeness (QED) is 0.785. The molecular formula is C13H11BrN4O. The van der Waals surface area contributed by atoms with Gasteiger partial charge in [-0.25, -0.2) is 4.98 Å². The minimum Gasteiger partial charge on any atom is -0.337 e. The summed E-state index contributed by atoms with van der Waals surface area (Å²) in [5.41, 5.74) is 7.24. The number of nitrogens with two attached hydrogens (primary N) is 1. The SMILES string of the molecule is C[C@@H](N)c1nc(-c2nc3ccccc3cc2Br)no1. The number of hydrogen-bond donors (Lipinski definition) is 1. The van der Waals surface area contributed by atoms with Crippen LogP contribution in [0.3, 0.4) is 0 Å². The van der Waals surface area contributed by atoms with Gasteiger partial charge >= 0.3 is 0 Å². The number of rotatable bonds is 2. The van der Waals surface area contributed by atoms with E-state index in [1.165, 1.54) is 0 Å². The topological polar surface area (TPSA) is 77.8 Å². The summed E-state index contributed by atoms with van der Waals surface area (Å²) in [6.45, 7) is 1.79. The lowest BCUT2D eigenvalue weighted by atomic mass is 10.2. The van der Waals surface area contributed by atoms with E-state index in [1.54, 1.807) is 6.92 Å². The summed E-state index contributed by atoms with van der Waals surface area (Å²) in [5, 5.41) is 4.97. The van der Waals surface area contributed by atoms with Crippen LogP contribution >= 0.6 is 15.9 Å². The Morgan fingerprint density at radius 1 is 1.26 bits per heavy atom. The van der Waals surface area contributed by atoms with Gasteiger partial charge in [0, 0.05) is 9.86 Å². The first-order valence-corrected chi connectivity index (χ1v) is 6.59. The fourth-order valence-electron chi connectivity index (χ4n) is 1.76. The molecule has 1 aromatic carbocycles. The molecule has 0 unspecified atom stereocenters. The van der Waals surface area contributed by atoms with Gasteiger partial charge in [-0.15, -0.1) is 0 Å². The number of para-hydroxylation sites is 1. The Balaban J connectivity index is 2.15. The highest BCUT2D eigenvalue weighted by Gasteiger charge is 2.16. The van der Waals surface area contributed by atoms with Crippen molar-refractivity contribution in [2.75, 3.05) is 0 Å². The summed E-state index contributed by atoms with van der Waals surface area (Å²) >= 11 is 3.48. The third-order valence-electron chi connectivity index (χ3n) is 2.72. The Kier molecular flexibility index (Phi) is 3.04. The standard InChI is InChI=1S/C13H11BrN4O/c1-7(15)13-17-12(18-19-13)11-9(14)6-8-4-2-3-5-10(8)16-11/h2-7H,15H2,1H3/t7-/m1/s1. The van der Waals surface area contributed by atoms with Crippen molar-refractivity contribution in [3.8, 4) is 11.5 Å². The van der Waals surface area contributed by atoms with Crippen LogP contribution in [0.15, 0.2) is 39.3 Å². The summed E-state index contributed by atoms with van der Waals surface area (Å²) in [5.74, 6) is 0.835. The van der Waals surface area contributed by atoms with Crippen molar-refractivity contribution in [3.63, 3.8) is 0 Å². The maximum Gasteiger partial charge on any atom is 0.243 e. The van der Waals surface area contributed by atoms with Crippen molar-refractivity contribution < 1.29 is 4.52 Å². The Morgan fingerprint density at radius 3 is 2.79 bits per heavy atom. The van der Waals surface area contributed by atoms with Gasteiger partial charge in [0.15, 0.2) is 0 Å². The van der Waals surface area contributed by atoms with Gasteiger partial charge in [-0.3, -0.25) is 0 Å². The molecule has 2 N–H and O–H groups in total. The Bertz CT molecular complexity index is 738. The minimum absolute atomic E-state index is 0.291. The molecule has 0 bridgehead atoms. The van der Waals surface area contributed by atoms with Gasteiger partial charge < -0.3 is 10.3 Å². The number of pyridine rings is 1. The molecule has 3 aromatic rings. The van der Waals surface area contributed by atoms with Crippen LogP contribution < -0.4 is 5.73 Å². The van der Waals surface area contributed by atoms with E-state index >= 15 is 0 Å². The Labute approximate surface area is 118 Å². The number of aromatic nitrogens is 3. The fourth-order valence-corrected chi connectivity index (χ4v) is 2.28. The lowest BCUT2D eigenvalue weighted by Gasteiger charge is -2.02. The highest BCUT2D eigenvalue weighted by Crippen LogP contribution is 2.28. The van der Waals surface area contributed by atoms with Crippen LogP contribution in [0.4, 0.5) is 0 Å². The largest absolute Gasteiger partial charge is 0.337 e. The monoisotopic (exact) mass is 318 g/mol. The summed E-state index contributed by atoms with van der Waals surface area (Å²) in [7, 11) is 0. The lowest BCUT2D eigenvalue weighted by molar-refractivity contribution is 0.362. The van der Waals surface area contributed by atoms with Gasteiger partial charge in [0.05, 0.1) is 11.6 Å². The van der Waals surface area contributed by atoms with Crippen molar-refractivity contribution in [1.29, 1.82) is 0 Å². The molecular weight excluding hydrogens is 308 g/mol. The number of halogens is 1. The molecule has 19 heavy (non-hydrogen) atoms. The van der Waals surface area contributed by atoms with E-state index in [0.717, 1.165) is 15.4 Å². The molecule has 0 spiro atoms. The molecule has 0 saturated heterocycles. The van der Waals surface area contributed by atoms with Crippen LogP contribution in [0.25, 0.3) is 22.4 Å². The van der Waals surface area contributed by atoms with Gasteiger partial charge in [0.2, 0.25) is 11.7 Å². The maximum atomic E-state index is 5.71. The van der Waals surface area contributed by atoms with Crippen molar-refractivity contribution in [3.05, 3.63) is 40.7 Å². The highest BCUT2D eigenvalue weighted by molar-refractivity contribution is 9.10. The van der Waals surface area contributed by atoms with E-state index in [2.05, 4.69) is 31.1 Å². The first-order chi connectivity index (χ1) is 9.15. The molecule has 6 heteroatoms. The average molecular weight is 319 g/mol. The zero-order valence-electron chi connectivity index (χ0n) is 10.2. The van der Waals surface area contributed by atoms with E-state index in [1.807, 2.05) is 30.3 Å². The first kappa shape index (κ1) is 12.3. The molecule has 0 aliphatic carbocycles. The molecule has 0 radical (unpaired) electrons. The van der Waals surface area contributed by atoms with Gasteiger partial charge in [-0.2, -0.15) is 4.98 Å². The van der Waals surface area contributed by atoms with E-state index in [0.29, 0.717) is 17.4 Å². The van der Waals surface area contributed by atoms with Crippen LogP contribution in [0.2, 0.25) is 0 Å². The van der Waals surface area contributed by atoms with Crippen molar-refractivity contribution in [2.24, 2.45) is 5.73 Å². The molecule has 2 heterocycles. The fraction of sp³-hybridized carbons (Fsp3) is 0.154. The summed E-state index contributed by atoms with van der Waals surface area (Å²) in [6, 6.07) is 9.55. The molecule has 0 aliphatic rings. The average Bonchev–Trinajstić information content (AvgIpc) is 2.87. The van der Waals surface area contributed by atoms with E-state index in [4.69, 9.17) is 10.3 Å². The predicted octanol–water partition coefficient (Wildman–Crippen LogP) is 3.07. The Morgan fingerprint density at radius 2 is 2.05 bits per heavy atom. The molecule has 5 nitrogen and oxygen atoms in total.